The molecule has 1 aliphatic rings. The Labute approximate surface area is 87.4 Å². The van der Waals surface area contributed by atoms with Gasteiger partial charge in [0.15, 0.2) is 0 Å². The Morgan fingerprint density at radius 1 is 1.29 bits per heavy atom. The molecule has 0 bridgehead atoms. The molecule has 2 heteroatoms. The minimum atomic E-state index is 0.484. The monoisotopic (exact) mass is 195 g/mol. The van der Waals surface area contributed by atoms with Crippen molar-refractivity contribution in [1.82, 2.24) is 5.32 Å². The minimum absolute atomic E-state index is 0.484. The van der Waals surface area contributed by atoms with E-state index in [1.54, 1.807) is 0 Å². The van der Waals surface area contributed by atoms with Crippen LogP contribution < -0.4 is 5.32 Å². The molecule has 0 spiro atoms. The lowest BCUT2D eigenvalue weighted by Gasteiger charge is -2.28. The van der Waals surface area contributed by atoms with Gasteiger partial charge in [-0.05, 0) is 39.7 Å². The number of rotatable bonds is 4. The summed E-state index contributed by atoms with van der Waals surface area (Å²) < 4.78 is 5.75. The second-order valence-electron chi connectivity index (χ2n) is 3.81. The van der Waals surface area contributed by atoms with Gasteiger partial charge in [-0.25, -0.2) is 0 Å². The zero-order chi connectivity index (χ0) is 10.2. The van der Waals surface area contributed by atoms with Crippen molar-refractivity contribution < 1.29 is 4.74 Å². The normalized spacial score (nSPS) is 26.7. The van der Waals surface area contributed by atoms with Crippen molar-refractivity contribution in [3.8, 4) is 11.8 Å². The molecule has 1 N–H and O–H groups in total. The van der Waals surface area contributed by atoms with Crippen LogP contribution in [0.25, 0.3) is 0 Å². The maximum absolute atomic E-state index is 5.75. The molecule has 0 atom stereocenters. The molecule has 80 valence electrons. The molecule has 0 heterocycles. The molecule has 1 rings (SSSR count). The van der Waals surface area contributed by atoms with Crippen LogP contribution in [0.1, 0.15) is 39.0 Å². The summed E-state index contributed by atoms with van der Waals surface area (Å²) in [6.07, 6.45) is 6.26. The Kier molecular flexibility index (Phi) is 5.66. The molecule has 0 amide bonds. The number of nitrogens with one attached hydrogen (secondary N) is 1. The first-order chi connectivity index (χ1) is 6.86. The highest BCUT2D eigenvalue weighted by Gasteiger charge is 2.19. The van der Waals surface area contributed by atoms with E-state index >= 15 is 0 Å². The van der Waals surface area contributed by atoms with Crippen molar-refractivity contribution in [2.75, 3.05) is 13.7 Å². The van der Waals surface area contributed by atoms with Crippen molar-refractivity contribution in [2.45, 2.75) is 51.2 Å². The predicted octanol–water partition coefficient (Wildman–Crippen LogP) is 1.95. The second-order valence-corrected chi connectivity index (χ2v) is 3.81. The van der Waals surface area contributed by atoms with E-state index in [1.165, 1.54) is 25.7 Å². The summed E-state index contributed by atoms with van der Waals surface area (Å²) in [6, 6.07) is 0.713. The maximum atomic E-state index is 5.75. The van der Waals surface area contributed by atoms with E-state index in [0.717, 1.165) is 13.0 Å². The Hall–Kier alpha value is -0.520. The van der Waals surface area contributed by atoms with Crippen LogP contribution in [0.2, 0.25) is 0 Å². The summed E-state index contributed by atoms with van der Waals surface area (Å²) in [5.41, 5.74) is 0. The van der Waals surface area contributed by atoms with Gasteiger partial charge in [0.2, 0.25) is 0 Å². The molecule has 0 aromatic carbocycles. The van der Waals surface area contributed by atoms with E-state index < -0.39 is 0 Å². The van der Waals surface area contributed by atoms with Gasteiger partial charge in [-0.1, -0.05) is 0 Å². The van der Waals surface area contributed by atoms with Crippen LogP contribution in [-0.2, 0) is 4.74 Å². The molecule has 1 saturated carbocycles. The Bertz CT molecular complexity index is 196. The van der Waals surface area contributed by atoms with Crippen molar-refractivity contribution in [1.29, 1.82) is 0 Å². The summed E-state index contributed by atoms with van der Waals surface area (Å²) in [5, 5.41) is 3.32. The maximum Gasteiger partial charge on any atom is 0.0579 e. The molecule has 1 aliphatic carbocycles. The molecule has 2 nitrogen and oxygen atoms in total. The molecule has 0 radical (unpaired) electrons. The smallest absolute Gasteiger partial charge is 0.0579 e. The third kappa shape index (κ3) is 4.13. The molecule has 0 saturated heterocycles. The van der Waals surface area contributed by atoms with E-state index in [4.69, 9.17) is 4.74 Å². The van der Waals surface area contributed by atoms with Gasteiger partial charge in [-0.15, -0.1) is 11.8 Å². The summed E-state index contributed by atoms with van der Waals surface area (Å²) in [5.74, 6) is 5.90. The highest BCUT2D eigenvalue weighted by Crippen LogP contribution is 2.20. The van der Waals surface area contributed by atoms with Crippen molar-refractivity contribution in [2.24, 2.45) is 0 Å². The van der Waals surface area contributed by atoms with Crippen LogP contribution in [-0.4, -0.2) is 25.8 Å². The molecule has 0 aromatic rings. The van der Waals surface area contributed by atoms with Crippen LogP contribution in [0.5, 0.6) is 0 Å². The molecule has 1 fully saturated rings. The van der Waals surface area contributed by atoms with Crippen LogP contribution in [0.3, 0.4) is 0 Å². The van der Waals surface area contributed by atoms with E-state index in [1.807, 2.05) is 14.0 Å². The van der Waals surface area contributed by atoms with Gasteiger partial charge in [0.1, 0.15) is 0 Å². The molecular weight excluding hydrogens is 174 g/mol. The summed E-state index contributed by atoms with van der Waals surface area (Å²) >= 11 is 0. The fraction of sp³-hybridized carbons (Fsp3) is 0.833. The van der Waals surface area contributed by atoms with Gasteiger partial charge in [-0.3, -0.25) is 0 Å². The van der Waals surface area contributed by atoms with Crippen molar-refractivity contribution in [3.05, 3.63) is 0 Å². The van der Waals surface area contributed by atoms with Gasteiger partial charge in [0, 0.05) is 12.5 Å². The molecule has 0 aliphatic heterocycles. The number of hydrogen-bond acceptors (Lipinski definition) is 2. The van der Waals surface area contributed by atoms with Crippen LogP contribution >= 0.6 is 0 Å². The largest absolute Gasteiger partial charge is 0.377 e. The molecule has 0 aromatic heterocycles. The quantitative estimate of drug-likeness (QED) is 0.547. The standard InChI is InChI=1S/C12H21NO/c1-3-4-5-10-14-12-8-6-11(13-2)7-9-12/h11-13H,5-10H2,1-2H3. The number of hydrogen-bond donors (Lipinski definition) is 1. The third-order valence-electron chi connectivity index (χ3n) is 2.84. The number of ether oxygens (including phenoxy) is 1. The summed E-state index contributed by atoms with van der Waals surface area (Å²) in [6.45, 7) is 2.67. The lowest BCUT2D eigenvalue weighted by molar-refractivity contribution is 0.0264. The van der Waals surface area contributed by atoms with E-state index in [9.17, 15) is 0 Å². The van der Waals surface area contributed by atoms with Crippen LogP contribution in [0.4, 0.5) is 0 Å². The fourth-order valence-electron chi connectivity index (χ4n) is 1.92. The lowest BCUT2D eigenvalue weighted by atomic mass is 9.93. The first kappa shape index (κ1) is 11.6. The predicted molar refractivity (Wildman–Crippen MR) is 59.1 cm³/mol. The Morgan fingerprint density at radius 3 is 2.57 bits per heavy atom. The zero-order valence-corrected chi connectivity index (χ0v) is 9.31. The molecular formula is C12H21NO. The van der Waals surface area contributed by atoms with Gasteiger partial charge in [0.25, 0.3) is 0 Å². The molecule has 14 heavy (non-hydrogen) atoms. The van der Waals surface area contributed by atoms with Gasteiger partial charge in [-0.2, -0.15) is 0 Å². The van der Waals surface area contributed by atoms with E-state index in [-0.39, 0.29) is 0 Å². The van der Waals surface area contributed by atoms with E-state index in [0.29, 0.717) is 12.1 Å². The lowest BCUT2D eigenvalue weighted by Crippen LogP contribution is -2.33. The van der Waals surface area contributed by atoms with E-state index in [2.05, 4.69) is 17.2 Å². The third-order valence-corrected chi connectivity index (χ3v) is 2.84. The minimum Gasteiger partial charge on any atom is -0.377 e. The topological polar surface area (TPSA) is 21.3 Å². The van der Waals surface area contributed by atoms with Crippen molar-refractivity contribution >= 4 is 0 Å². The van der Waals surface area contributed by atoms with Gasteiger partial charge < -0.3 is 10.1 Å². The summed E-state index contributed by atoms with van der Waals surface area (Å²) in [7, 11) is 2.04. The average Bonchev–Trinajstić information content (AvgIpc) is 2.25. The fourth-order valence-corrected chi connectivity index (χ4v) is 1.92. The Morgan fingerprint density at radius 2 is 2.00 bits per heavy atom. The second kappa shape index (κ2) is 6.86. The molecule has 0 unspecified atom stereocenters. The first-order valence-corrected chi connectivity index (χ1v) is 5.55. The van der Waals surface area contributed by atoms with Gasteiger partial charge >= 0.3 is 0 Å². The highest BCUT2D eigenvalue weighted by molar-refractivity contribution is 4.94. The zero-order valence-electron chi connectivity index (χ0n) is 9.31. The van der Waals surface area contributed by atoms with Crippen LogP contribution in [0, 0.1) is 11.8 Å². The first-order valence-electron chi connectivity index (χ1n) is 5.55. The average molecular weight is 195 g/mol. The van der Waals surface area contributed by atoms with Gasteiger partial charge in [0.05, 0.1) is 12.7 Å². The Balaban J connectivity index is 2.06. The SMILES string of the molecule is CC#CCCOC1CCC(NC)CC1. The van der Waals surface area contributed by atoms with Crippen molar-refractivity contribution in [3.63, 3.8) is 0 Å². The van der Waals surface area contributed by atoms with Crippen LogP contribution in [0.15, 0.2) is 0 Å². The summed E-state index contributed by atoms with van der Waals surface area (Å²) in [4.78, 5) is 0. The highest BCUT2D eigenvalue weighted by atomic mass is 16.5.